The fraction of sp³-hybridized carbons (Fsp3) is 0.318. The van der Waals surface area contributed by atoms with Crippen LogP contribution in [0.15, 0.2) is 65.6 Å². The highest BCUT2D eigenvalue weighted by Gasteiger charge is 2.26. The maximum Gasteiger partial charge on any atom is 0.264 e. The summed E-state index contributed by atoms with van der Waals surface area (Å²) in [7, 11) is -2.31. The molecular formula is C22H26N2O4S. The lowest BCUT2D eigenvalue weighted by atomic mass is 9.93. The van der Waals surface area contributed by atoms with Crippen molar-refractivity contribution in [1.29, 1.82) is 0 Å². The van der Waals surface area contributed by atoms with E-state index in [1.54, 1.807) is 37.3 Å². The number of hydrogen-bond acceptors (Lipinski definition) is 4. The van der Waals surface area contributed by atoms with E-state index >= 15 is 0 Å². The average Bonchev–Trinajstić information content (AvgIpc) is 2.75. The molecule has 1 unspecified atom stereocenters. The number of amides is 1. The van der Waals surface area contributed by atoms with Crippen molar-refractivity contribution in [2.24, 2.45) is 5.92 Å². The molecule has 29 heavy (non-hydrogen) atoms. The van der Waals surface area contributed by atoms with E-state index in [-0.39, 0.29) is 23.3 Å². The first-order valence-corrected chi connectivity index (χ1v) is 11.1. The highest BCUT2D eigenvalue weighted by Crippen LogP contribution is 2.31. The Hall–Kier alpha value is -2.80. The SMILES string of the molecule is CCN(c1ccccc1)S(=O)(=O)c1ccc(OC)c(NC(=O)C2CC=CCC2)c1. The summed E-state index contributed by atoms with van der Waals surface area (Å²) in [6.07, 6.45) is 6.40. The second kappa shape index (κ2) is 9.13. The van der Waals surface area contributed by atoms with Crippen molar-refractivity contribution in [3.63, 3.8) is 0 Å². The first kappa shape index (κ1) is 20.9. The number of para-hydroxylation sites is 1. The zero-order valence-corrected chi connectivity index (χ0v) is 17.5. The number of carbonyl (C=O) groups excluding carboxylic acids is 1. The molecule has 0 heterocycles. The minimum absolute atomic E-state index is 0.0999. The van der Waals surface area contributed by atoms with Gasteiger partial charge in [-0.2, -0.15) is 0 Å². The Kier molecular flexibility index (Phi) is 6.59. The molecule has 1 amide bonds. The number of ether oxygens (including phenoxy) is 1. The maximum absolute atomic E-state index is 13.3. The Bertz CT molecular complexity index is 987. The van der Waals surface area contributed by atoms with E-state index in [4.69, 9.17) is 4.74 Å². The highest BCUT2D eigenvalue weighted by atomic mass is 32.2. The molecule has 6 nitrogen and oxygen atoms in total. The lowest BCUT2D eigenvalue weighted by Crippen LogP contribution is -2.31. The van der Waals surface area contributed by atoms with Gasteiger partial charge in [0, 0.05) is 12.5 Å². The first-order chi connectivity index (χ1) is 14.0. The molecular weight excluding hydrogens is 388 g/mol. The van der Waals surface area contributed by atoms with Gasteiger partial charge < -0.3 is 10.1 Å². The largest absolute Gasteiger partial charge is 0.495 e. The van der Waals surface area contributed by atoms with Crippen LogP contribution in [-0.2, 0) is 14.8 Å². The van der Waals surface area contributed by atoms with E-state index < -0.39 is 10.0 Å². The summed E-state index contributed by atoms with van der Waals surface area (Å²) in [6.45, 7) is 2.07. The third-order valence-corrected chi connectivity index (χ3v) is 6.89. The number of sulfonamides is 1. The molecule has 1 N–H and O–H groups in total. The second-order valence-electron chi connectivity index (χ2n) is 6.84. The summed E-state index contributed by atoms with van der Waals surface area (Å²) in [5.74, 6) is 0.172. The van der Waals surface area contributed by atoms with Gasteiger partial charge in [-0.15, -0.1) is 0 Å². The van der Waals surface area contributed by atoms with Gasteiger partial charge in [0.05, 0.1) is 23.4 Å². The van der Waals surface area contributed by atoms with Gasteiger partial charge in [0.1, 0.15) is 5.75 Å². The molecule has 1 atom stereocenters. The molecule has 0 saturated carbocycles. The summed E-state index contributed by atoms with van der Waals surface area (Å²) in [6, 6.07) is 13.5. The zero-order chi connectivity index (χ0) is 20.9. The van der Waals surface area contributed by atoms with Crippen LogP contribution in [0.3, 0.4) is 0 Å². The van der Waals surface area contributed by atoms with E-state index in [9.17, 15) is 13.2 Å². The summed E-state index contributed by atoms with van der Waals surface area (Å²) in [5.41, 5.74) is 0.947. The average molecular weight is 415 g/mol. The Labute approximate surface area is 172 Å². The Balaban J connectivity index is 1.92. The smallest absolute Gasteiger partial charge is 0.264 e. The van der Waals surface area contributed by atoms with Crippen LogP contribution in [0.5, 0.6) is 5.75 Å². The minimum Gasteiger partial charge on any atom is -0.495 e. The fourth-order valence-electron chi connectivity index (χ4n) is 3.42. The van der Waals surface area contributed by atoms with Crippen molar-refractivity contribution in [2.45, 2.75) is 31.1 Å². The van der Waals surface area contributed by atoms with Crippen LogP contribution in [0.25, 0.3) is 0 Å². The summed E-state index contributed by atoms with van der Waals surface area (Å²) in [5, 5.41) is 2.86. The number of rotatable bonds is 7. The number of carbonyl (C=O) groups is 1. The van der Waals surface area contributed by atoms with Crippen LogP contribution in [0.2, 0.25) is 0 Å². The van der Waals surface area contributed by atoms with Crippen molar-refractivity contribution in [3.8, 4) is 5.75 Å². The molecule has 0 spiro atoms. The Morgan fingerprint density at radius 2 is 1.93 bits per heavy atom. The van der Waals surface area contributed by atoms with E-state index in [0.717, 1.165) is 12.8 Å². The molecule has 0 aliphatic heterocycles. The van der Waals surface area contributed by atoms with Gasteiger partial charge >= 0.3 is 0 Å². The zero-order valence-electron chi connectivity index (χ0n) is 16.7. The normalized spacial score (nSPS) is 16.3. The Morgan fingerprint density at radius 3 is 2.55 bits per heavy atom. The number of hydrogen-bond donors (Lipinski definition) is 1. The van der Waals surface area contributed by atoms with Crippen LogP contribution < -0.4 is 14.4 Å². The molecule has 0 saturated heterocycles. The fourth-order valence-corrected chi connectivity index (χ4v) is 4.93. The van der Waals surface area contributed by atoms with Crippen molar-refractivity contribution >= 4 is 27.3 Å². The van der Waals surface area contributed by atoms with Crippen LogP contribution in [0.1, 0.15) is 26.2 Å². The van der Waals surface area contributed by atoms with Gasteiger partial charge in [0.2, 0.25) is 5.91 Å². The predicted octanol–water partition coefficient (Wildman–Crippen LogP) is 4.21. The topological polar surface area (TPSA) is 75.7 Å². The minimum atomic E-state index is -3.80. The van der Waals surface area contributed by atoms with Gasteiger partial charge in [-0.1, -0.05) is 30.4 Å². The van der Waals surface area contributed by atoms with Gasteiger partial charge in [-0.25, -0.2) is 8.42 Å². The monoisotopic (exact) mass is 414 g/mol. The van der Waals surface area contributed by atoms with E-state index in [2.05, 4.69) is 11.4 Å². The van der Waals surface area contributed by atoms with Gasteiger partial charge in [-0.3, -0.25) is 9.10 Å². The number of methoxy groups -OCH3 is 1. The molecule has 7 heteroatoms. The van der Waals surface area contributed by atoms with Crippen molar-refractivity contribution in [3.05, 3.63) is 60.7 Å². The van der Waals surface area contributed by atoms with Crippen LogP contribution >= 0.6 is 0 Å². The van der Waals surface area contributed by atoms with Crippen LogP contribution in [0.4, 0.5) is 11.4 Å². The standard InChI is InChI=1S/C22H26N2O4S/c1-3-24(18-12-8-5-9-13-18)29(26,27)19-14-15-21(28-2)20(16-19)23-22(25)17-10-6-4-7-11-17/h4-6,8-9,12-17H,3,7,10-11H2,1-2H3,(H,23,25). The molecule has 154 valence electrons. The molecule has 3 rings (SSSR count). The third-order valence-electron chi connectivity index (χ3n) is 4.99. The lowest BCUT2D eigenvalue weighted by molar-refractivity contribution is -0.120. The number of nitrogens with one attached hydrogen (secondary N) is 1. The number of allylic oxidation sites excluding steroid dienone is 2. The lowest BCUT2D eigenvalue weighted by Gasteiger charge is -2.24. The third kappa shape index (κ3) is 4.62. The summed E-state index contributed by atoms with van der Waals surface area (Å²) >= 11 is 0. The number of benzene rings is 2. The number of anilines is 2. The van der Waals surface area contributed by atoms with E-state index in [0.29, 0.717) is 23.5 Å². The Morgan fingerprint density at radius 1 is 1.17 bits per heavy atom. The van der Waals surface area contributed by atoms with Crippen LogP contribution in [0, 0.1) is 5.92 Å². The number of nitrogens with zero attached hydrogens (tertiary/aromatic N) is 1. The van der Waals surface area contributed by atoms with Crippen molar-refractivity contribution in [1.82, 2.24) is 0 Å². The maximum atomic E-state index is 13.3. The molecule has 0 fully saturated rings. The second-order valence-corrected chi connectivity index (χ2v) is 8.70. The molecule has 2 aromatic rings. The van der Waals surface area contributed by atoms with Crippen molar-refractivity contribution in [2.75, 3.05) is 23.3 Å². The molecule has 1 aliphatic carbocycles. The van der Waals surface area contributed by atoms with E-state index in [1.165, 1.54) is 23.5 Å². The summed E-state index contributed by atoms with van der Waals surface area (Å²) in [4.78, 5) is 12.7. The van der Waals surface area contributed by atoms with Gasteiger partial charge in [0.15, 0.2) is 0 Å². The molecule has 1 aliphatic rings. The van der Waals surface area contributed by atoms with Gasteiger partial charge in [0.25, 0.3) is 10.0 Å². The first-order valence-electron chi connectivity index (χ1n) is 9.69. The van der Waals surface area contributed by atoms with Crippen LogP contribution in [-0.4, -0.2) is 28.0 Å². The highest BCUT2D eigenvalue weighted by molar-refractivity contribution is 7.92. The van der Waals surface area contributed by atoms with Crippen molar-refractivity contribution < 1.29 is 17.9 Å². The molecule has 0 radical (unpaired) electrons. The molecule has 2 aromatic carbocycles. The predicted molar refractivity (Wildman–Crippen MR) is 115 cm³/mol. The van der Waals surface area contributed by atoms with E-state index in [1.807, 2.05) is 12.1 Å². The molecule has 0 bridgehead atoms. The van der Waals surface area contributed by atoms with Gasteiger partial charge in [-0.05, 0) is 56.5 Å². The molecule has 0 aromatic heterocycles. The summed E-state index contributed by atoms with van der Waals surface area (Å²) < 4.78 is 33.2. The quantitative estimate of drug-likeness (QED) is 0.689.